The smallest absolute Gasteiger partial charge is 0.238 e. The van der Waals surface area contributed by atoms with Gasteiger partial charge in [-0.1, -0.05) is 36.4 Å². The Morgan fingerprint density at radius 1 is 1.09 bits per heavy atom. The Balaban J connectivity index is 1.50. The second kappa shape index (κ2) is 10.4. The molecule has 1 saturated heterocycles. The van der Waals surface area contributed by atoms with E-state index < -0.39 is 0 Å². The van der Waals surface area contributed by atoms with Gasteiger partial charge in [0, 0.05) is 36.5 Å². The number of amides is 2. The number of nitrogens with zero attached hydrogens (tertiary/aromatic N) is 2. The minimum Gasteiger partial charge on any atom is -0.496 e. The zero-order chi connectivity index (χ0) is 22.3. The van der Waals surface area contributed by atoms with Crippen molar-refractivity contribution in [1.82, 2.24) is 4.90 Å². The lowest BCUT2D eigenvalue weighted by molar-refractivity contribution is -0.118. The largest absolute Gasteiger partial charge is 0.496 e. The summed E-state index contributed by atoms with van der Waals surface area (Å²) in [5.41, 5.74) is 2.46. The average Bonchev–Trinajstić information content (AvgIpc) is 3.46. The average molecular weight is 450 g/mol. The van der Waals surface area contributed by atoms with Gasteiger partial charge in [-0.15, -0.1) is 11.3 Å². The first kappa shape index (κ1) is 22.0. The van der Waals surface area contributed by atoms with Crippen LogP contribution in [0.1, 0.15) is 23.3 Å². The molecule has 2 heterocycles. The third kappa shape index (κ3) is 5.36. The number of rotatable bonds is 9. The van der Waals surface area contributed by atoms with E-state index in [2.05, 4.69) is 16.3 Å². The summed E-state index contributed by atoms with van der Waals surface area (Å²) < 4.78 is 5.50. The second-order valence-corrected chi connectivity index (χ2v) is 8.78. The van der Waals surface area contributed by atoms with Gasteiger partial charge in [-0.25, -0.2) is 0 Å². The van der Waals surface area contributed by atoms with Gasteiger partial charge in [0.15, 0.2) is 0 Å². The zero-order valence-corrected chi connectivity index (χ0v) is 18.9. The Labute approximate surface area is 192 Å². The zero-order valence-electron chi connectivity index (χ0n) is 18.1. The highest BCUT2D eigenvalue weighted by Crippen LogP contribution is 2.29. The lowest BCUT2D eigenvalue weighted by Gasteiger charge is -2.24. The maximum atomic E-state index is 13.1. The van der Waals surface area contributed by atoms with Crippen LogP contribution in [0, 0.1) is 0 Å². The van der Waals surface area contributed by atoms with Crippen molar-refractivity contribution in [1.29, 1.82) is 0 Å². The van der Waals surface area contributed by atoms with Gasteiger partial charge in [0.05, 0.1) is 25.0 Å². The van der Waals surface area contributed by atoms with E-state index in [4.69, 9.17) is 4.74 Å². The summed E-state index contributed by atoms with van der Waals surface area (Å²) in [4.78, 5) is 30.3. The van der Waals surface area contributed by atoms with Gasteiger partial charge in [-0.05, 0) is 36.1 Å². The van der Waals surface area contributed by atoms with Crippen LogP contribution in [0.3, 0.4) is 0 Å². The molecule has 6 nitrogen and oxygen atoms in total. The van der Waals surface area contributed by atoms with E-state index in [0.717, 1.165) is 23.4 Å². The number of hydrogen-bond donors (Lipinski definition) is 1. The fraction of sp³-hybridized carbons (Fsp3) is 0.280. The summed E-state index contributed by atoms with van der Waals surface area (Å²) in [6.07, 6.45) is 1.39. The Bertz CT molecular complexity index is 1070. The maximum absolute atomic E-state index is 13.1. The molecule has 0 bridgehead atoms. The summed E-state index contributed by atoms with van der Waals surface area (Å²) in [5.74, 6) is 0.791. The molecule has 0 unspecified atom stereocenters. The topological polar surface area (TPSA) is 61.9 Å². The summed E-state index contributed by atoms with van der Waals surface area (Å²) in [6, 6.07) is 19.5. The van der Waals surface area contributed by atoms with Crippen molar-refractivity contribution in [2.75, 3.05) is 30.4 Å². The molecule has 2 amide bonds. The molecule has 0 spiro atoms. The van der Waals surface area contributed by atoms with Gasteiger partial charge in [-0.2, -0.15) is 0 Å². The fourth-order valence-corrected chi connectivity index (χ4v) is 4.72. The number of benzene rings is 2. The number of para-hydroxylation sites is 3. The van der Waals surface area contributed by atoms with Crippen molar-refractivity contribution in [3.05, 3.63) is 76.5 Å². The van der Waals surface area contributed by atoms with Crippen LogP contribution in [0.4, 0.5) is 11.4 Å². The van der Waals surface area contributed by atoms with Gasteiger partial charge in [-0.3, -0.25) is 14.5 Å². The number of carbonyl (C=O) groups excluding carboxylic acids is 2. The molecular weight excluding hydrogens is 422 g/mol. The minimum atomic E-state index is -0.115. The van der Waals surface area contributed by atoms with E-state index in [9.17, 15) is 9.59 Å². The van der Waals surface area contributed by atoms with Gasteiger partial charge in [0.1, 0.15) is 5.75 Å². The third-order valence-electron chi connectivity index (χ3n) is 5.46. The van der Waals surface area contributed by atoms with Crippen LogP contribution in [-0.2, 0) is 22.7 Å². The number of ether oxygens (including phenoxy) is 1. The lowest BCUT2D eigenvalue weighted by Crippen LogP contribution is -2.33. The molecule has 0 aliphatic carbocycles. The van der Waals surface area contributed by atoms with Crippen molar-refractivity contribution >= 4 is 34.5 Å². The Morgan fingerprint density at radius 3 is 2.66 bits per heavy atom. The second-order valence-electron chi connectivity index (χ2n) is 7.75. The van der Waals surface area contributed by atoms with Gasteiger partial charge >= 0.3 is 0 Å². The molecule has 7 heteroatoms. The molecular formula is C25H27N3O3S. The van der Waals surface area contributed by atoms with E-state index >= 15 is 0 Å². The summed E-state index contributed by atoms with van der Waals surface area (Å²) >= 11 is 1.67. The van der Waals surface area contributed by atoms with Gasteiger partial charge < -0.3 is 15.0 Å². The van der Waals surface area contributed by atoms with Crippen molar-refractivity contribution in [3.63, 3.8) is 0 Å². The first-order valence-corrected chi connectivity index (χ1v) is 11.6. The molecule has 1 aromatic heterocycles. The van der Waals surface area contributed by atoms with E-state index in [0.29, 0.717) is 31.7 Å². The predicted molar refractivity (Wildman–Crippen MR) is 128 cm³/mol. The molecule has 0 radical (unpaired) electrons. The molecule has 0 saturated carbocycles. The van der Waals surface area contributed by atoms with Gasteiger partial charge in [0.25, 0.3) is 0 Å². The number of methoxy groups -OCH3 is 1. The van der Waals surface area contributed by atoms with E-state index in [-0.39, 0.29) is 18.4 Å². The molecule has 166 valence electrons. The Kier molecular flexibility index (Phi) is 7.19. The normalized spacial score (nSPS) is 13.6. The number of hydrogen-bond acceptors (Lipinski definition) is 5. The summed E-state index contributed by atoms with van der Waals surface area (Å²) in [5, 5.41) is 5.07. The van der Waals surface area contributed by atoms with E-state index in [1.807, 2.05) is 60.0 Å². The fourth-order valence-electron chi connectivity index (χ4n) is 3.98. The van der Waals surface area contributed by atoms with Crippen LogP contribution in [-0.4, -0.2) is 36.9 Å². The Hall–Kier alpha value is -3.16. The molecule has 2 aromatic carbocycles. The summed E-state index contributed by atoms with van der Waals surface area (Å²) in [7, 11) is 1.66. The van der Waals surface area contributed by atoms with Crippen LogP contribution in [0.25, 0.3) is 0 Å². The quantitative estimate of drug-likeness (QED) is 0.522. The lowest BCUT2D eigenvalue weighted by atomic mass is 10.2. The molecule has 4 rings (SSSR count). The van der Waals surface area contributed by atoms with Crippen LogP contribution >= 0.6 is 11.3 Å². The molecule has 1 N–H and O–H groups in total. The van der Waals surface area contributed by atoms with Gasteiger partial charge in [0.2, 0.25) is 11.8 Å². The van der Waals surface area contributed by atoms with E-state index in [1.165, 1.54) is 4.88 Å². The van der Waals surface area contributed by atoms with Crippen molar-refractivity contribution < 1.29 is 14.3 Å². The number of carbonyl (C=O) groups is 2. The first-order chi connectivity index (χ1) is 15.6. The monoisotopic (exact) mass is 449 g/mol. The first-order valence-electron chi connectivity index (χ1n) is 10.7. The maximum Gasteiger partial charge on any atom is 0.238 e. The molecule has 1 aliphatic rings. The van der Waals surface area contributed by atoms with Crippen LogP contribution in [0.5, 0.6) is 5.75 Å². The number of nitrogens with one attached hydrogen (secondary N) is 1. The highest BCUT2D eigenvalue weighted by atomic mass is 32.1. The highest BCUT2D eigenvalue weighted by Gasteiger charge is 2.24. The molecule has 1 aliphatic heterocycles. The summed E-state index contributed by atoms with van der Waals surface area (Å²) in [6.45, 7) is 2.15. The molecule has 32 heavy (non-hydrogen) atoms. The molecule has 0 atom stereocenters. The van der Waals surface area contributed by atoms with E-state index in [1.54, 1.807) is 23.3 Å². The third-order valence-corrected chi connectivity index (χ3v) is 6.32. The Morgan fingerprint density at radius 2 is 1.91 bits per heavy atom. The van der Waals surface area contributed by atoms with Crippen LogP contribution < -0.4 is 15.0 Å². The van der Waals surface area contributed by atoms with Crippen molar-refractivity contribution in [2.45, 2.75) is 25.9 Å². The standard InChI is InChI=1S/C25H27N3O3S/c1-31-23-12-5-2-8-19(23)16-27(17-20-9-7-15-32-20)18-24(29)26-21-10-3-4-11-22(21)28-14-6-13-25(28)30/h2-5,7-12,15H,6,13-14,16-18H2,1H3,(H,26,29). The minimum absolute atomic E-state index is 0.0993. The number of anilines is 2. The number of thiophene rings is 1. The molecule has 1 fully saturated rings. The molecule has 3 aromatic rings. The SMILES string of the molecule is COc1ccccc1CN(CC(=O)Nc1ccccc1N1CCCC1=O)Cc1cccs1. The highest BCUT2D eigenvalue weighted by molar-refractivity contribution is 7.09. The van der Waals surface area contributed by atoms with Crippen molar-refractivity contribution in [2.24, 2.45) is 0 Å². The van der Waals surface area contributed by atoms with Crippen molar-refractivity contribution in [3.8, 4) is 5.75 Å². The van der Waals surface area contributed by atoms with Crippen LogP contribution in [0.15, 0.2) is 66.0 Å². The van der Waals surface area contributed by atoms with Crippen LogP contribution in [0.2, 0.25) is 0 Å². The predicted octanol–water partition coefficient (Wildman–Crippen LogP) is 4.52.